The zero-order valence-electron chi connectivity index (χ0n) is 11.5. The Morgan fingerprint density at radius 1 is 1.29 bits per heavy atom. The lowest BCUT2D eigenvalue weighted by Crippen LogP contribution is -2.38. The van der Waals surface area contributed by atoms with Gasteiger partial charge in [-0.05, 0) is 25.1 Å². The first-order valence-electron chi connectivity index (χ1n) is 5.62. The molecule has 1 aromatic rings. The van der Waals surface area contributed by atoms with Gasteiger partial charge in [-0.25, -0.2) is 16.8 Å². The average Bonchev–Trinajstić information content (AvgIpc) is 2.36. The van der Waals surface area contributed by atoms with E-state index in [-0.39, 0.29) is 10.6 Å². The maximum Gasteiger partial charge on any atom is 0.321 e. The van der Waals surface area contributed by atoms with Crippen molar-refractivity contribution in [2.45, 2.75) is 22.8 Å². The molecule has 8 nitrogen and oxygen atoms in total. The smallest absolute Gasteiger partial charge is 0.321 e. The van der Waals surface area contributed by atoms with Crippen molar-refractivity contribution in [3.63, 3.8) is 0 Å². The number of hydrogen-bond acceptors (Lipinski definition) is 6. The summed E-state index contributed by atoms with van der Waals surface area (Å²) in [6.45, 7) is 1.15. The molecule has 0 heterocycles. The minimum atomic E-state index is -4.25. The van der Waals surface area contributed by atoms with Crippen LogP contribution in [0.2, 0.25) is 0 Å². The highest BCUT2D eigenvalue weighted by molar-refractivity contribution is 7.91. The summed E-state index contributed by atoms with van der Waals surface area (Å²) < 4.78 is 54.1. The molecule has 1 atom stereocenters. The predicted molar refractivity (Wildman–Crippen MR) is 73.5 cm³/mol. The van der Waals surface area contributed by atoms with Crippen LogP contribution in [0, 0.1) is 0 Å². The summed E-state index contributed by atoms with van der Waals surface area (Å²) in [5.41, 5.74) is 0. The van der Waals surface area contributed by atoms with Gasteiger partial charge in [-0.15, -0.1) is 0 Å². The van der Waals surface area contributed by atoms with Crippen LogP contribution in [-0.4, -0.2) is 47.3 Å². The molecule has 10 heteroatoms. The lowest BCUT2D eigenvalue weighted by molar-refractivity contribution is -0.138. The fraction of sp³-hybridized carbons (Fsp3) is 0.364. The molecule has 0 saturated heterocycles. The largest absolute Gasteiger partial charge is 0.495 e. The summed E-state index contributed by atoms with van der Waals surface area (Å²) >= 11 is 0. The molecule has 0 radical (unpaired) electrons. The molecule has 0 aliphatic heterocycles. The Labute approximate surface area is 122 Å². The summed E-state index contributed by atoms with van der Waals surface area (Å²) in [6, 6.07) is 1.94. The molecule has 0 fully saturated rings. The molecule has 1 rings (SSSR count). The van der Waals surface area contributed by atoms with Crippen molar-refractivity contribution in [3.05, 3.63) is 18.2 Å². The molecule has 1 aromatic carbocycles. The average molecular weight is 337 g/mol. The van der Waals surface area contributed by atoms with E-state index in [1.165, 1.54) is 19.2 Å². The number of methoxy groups -OCH3 is 1. The molecule has 0 aliphatic rings. The van der Waals surface area contributed by atoms with E-state index in [0.717, 1.165) is 19.2 Å². The van der Waals surface area contributed by atoms with Crippen molar-refractivity contribution >= 4 is 25.8 Å². The van der Waals surface area contributed by atoms with Gasteiger partial charge in [0.05, 0.1) is 12.0 Å². The van der Waals surface area contributed by atoms with E-state index in [0.29, 0.717) is 0 Å². The van der Waals surface area contributed by atoms with Crippen LogP contribution >= 0.6 is 0 Å². The molecular formula is C11H15NO7S2. The van der Waals surface area contributed by atoms with Gasteiger partial charge in [0.25, 0.3) is 0 Å². The van der Waals surface area contributed by atoms with E-state index in [9.17, 15) is 21.6 Å². The lowest BCUT2D eigenvalue weighted by Gasteiger charge is -2.14. The number of aliphatic carboxylic acids is 1. The van der Waals surface area contributed by atoms with Crippen molar-refractivity contribution in [2.24, 2.45) is 0 Å². The number of carboxylic acid groups (broad SMARTS) is 1. The van der Waals surface area contributed by atoms with Crippen LogP contribution in [0.3, 0.4) is 0 Å². The third-order valence-electron chi connectivity index (χ3n) is 2.56. The Morgan fingerprint density at radius 3 is 2.29 bits per heavy atom. The molecule has 0 aliphatic carbocycles. The Kier molecular flexibility index (Phi) is 4.97. The first kappa shape index (κ1) is 17.4. The second kappa shape index (κ2) is 6.00. The number of sulfonamides is 1. The van der Waals surface area contributed by atoms with Crippen molar-refractivity contribution in [2.75, 3.05) is 13.4 Å². The Hall–Kier alpha value is -1.65. The van der Waals surface area contributed by atoms with Crippen LogP contribution in [-0.2, 0) is 24.7 Å². The highest BCUT2D eigenvalue weighted by Crippen LogP contribution is 2.26. The summed E-state index contributed by atoms with van der Waals surface area (Å²) in [4.78, 5) is 10.1. The molecule has 0 amide bonds. The monoisotopic (exact) mass is 337 g/mol. The zero-order valence-corrected chi connectivity index (χ0v) is 13.2. The van der Waals surface area contributed by atoms with Crippen LogP contribution < -0.4 is 9.46 Å². The van der Waals surface area contributed by atoms with E-state index < -0.39 is 36.8 Å². The van der Waals surface area contributed by atoms with E-state index >= 15 is 0 Å². The molecule has 0 saturated carbocycles. The van der Waals surface area contributed by atoms with Gasteiger partial charge in [0, 0.05) is 6.26 Å². The lowest BCUT2D eigenvalue weighted by atomic mass is 10.3. The van der Waals surface area contributed by atoms with Crippen LogP contribution in [0.25, 0.3) is 0 Å². The van der Waals surface area contributed by atoms with Gasteiger partial charge < -0.3 is 9.84 Å². The summed E-state index contributed by atoms with van der Waals surface area (Å²) in [6.07, 6.45) is 0.929. The van der Waals surface area contributed by atoms with E-state index in [4.69, 9.17) is 9.84 Å². The highest BCUT2D eigenvalue weighted by atomic mass is 32.2. The van der Waals surface area contributed by atoms with Crippen LogP contribution in [0.1, 0.15) is 6.92 Å². The van der Waals surface area contributed by atoms with Crippen LogP contribution in [0.15, 0.2) is 28.0 Å². The third kappa shape index (κ3) is 4.16. The number of sulfone groups is 1. The van der Waals surface area contributed by atoms with Gasteiger partial charge in [0.15, 0.2) is 9.84 Å². The standard InChI is InChI=1S/C11H15NO7S2/c1-7(11(13)14)12-21(17,18)10-6-8(20(3,15)16)4-5-9(10)19-2/h4-7,12H,1-3H3,(H,13,14)/t7-/m0/s1. The maximum atomic E-state index is 12.2. The van der Waals surface area contributed by atoms with Gasteiger partial charge >= 0.3 is 5.97 Å². The molecule has 0 unspecified atom stereocenters. The van der Waals surface area contributed by atoms with Gasteiger partial charge in [-0.1, -0.05) is 0 Å². The third-order valence-corrected chi connectivity index (χ3v) is 5.23. The fourth-order valence-corrected chi connectivity index (χ4v) is 3.56. The van der Waals surface area contributed by atoms with E-state index in [2.05, 4.69) is 0 Å². The van der Waals surface area contributed by atoms with Crippen molar-refractivity contribution in [1.29, 1.82) is 0 Å². The molecular weight excluding hydrogens is 322 g/mol. The zero-order chi connectivity index (χ0) is 16.4. The SMILES string of the molecule is COc1ccc(S(C)(=O)=O)cc1S(=O)(=O)N[C@@H](C)C(=O)O. The number of carboxylic acids is 1. The van der Waals surface area contributed by atoms with E-state index in [1.807, 2.05) is 4.72 Å². The Morgan fingerprint density at radius 2 is 1.86 bits per heavy atom. The van der Waals surface area contributed by atoms with Gasteiger partial charge in [0.2, 0.25) is 10.0 Å². The predicted octanol–water partition coefficient (Wildman–Crippen LogP) is -0.150. The number of nitrogens with one attached hydrogen (secondary N) is 1. The number of hydrogen-bond donors (Lipinski definition) is 2. The van der Waals surface area contributed by atoms with Gasteiger partial charge in [-0.2, -0.15) is 4.72 Å². The molecule has 0 bridgehead atoms. The molecule has 118 valence electrons. The minimum absolute atomic E-state index is 0.0903. The molecule has 2 N–H and O–H groups in total. The number of rotatable bonds is 6. The normalized spacial score (nSPS) is 13.7. The second-order valence-corrected chi connectivity index (χ2v) is 7.96. The van der Waals surface area contributed by atoms with E-state index in [1.54, 1.807) is 0 Å². The Balaban J connectivity index is 3.42. The van der Waals surface area contributed by atoms with Crippen molar-refractivity contribution in [3.8, 4) is 5.75 Å². The minimum Gasteiger partial charge on any atom is -0.495 e. The summed E-state index contributed by atoms with van der Waals surface area (Å²) in [5, 5.41) is 8.75. The molecule has 0 aromatic heterocycles. The second-order valence-electron chi connectivity index (χ2n) is 4.27. The van der Waals surface area contributed by atoms with Crippen LogP contribution in [0.5, 0.6) is 5.75 Å². The number of ether oxygens (including phenoxy) is 1. The highest BCUT2D eigenvalue weighted by Gasteiger charge is 2.26. The molecule has 21 heavy (non-hydrogen) atoms. The molecule has 0 spiro atoms. The summed E-state index contributed by atoms with van der Waals surface area (Å²) in [5.74, 6) is -1.45. The van der Waals surface area contributed by atoms with Crippen molar-refractivity contribution in [1.82, 2.24) is 4.72 Å². The van der Waals surface area contributed by atoms with Crippen molar-refractivity contribution < 1.29 is 31.5 Å². The first-order valence-corrected chi connectivity index (χ1v) is 8.99. The number of benzene rings is 1. The fourth-order valence-electron chi connectivity index (χ4n) is 1.44. The quantitative estimate of drug-likeness (QED) is 0.739. The van der Waals surface area contributed by atoms with Gasteiger partial charge in [-0.3, -0.25) is 4.79 Å². The first-order chi connectivity index (χ1) is 9.49. The van der Waals surface area contributed by atoms with Gasteiger partial charge in [0.1, 0.15) is 16.7 Å². The van der Waals surface area contributed by atoms with Crippen LogP contribution in [0.4, 0.5) is 0 Å². The number of carbonyl (C=O) groups is 1. The topological polar surface area (TPSA) is 127 Å². The summed E-state index contributed by atoms with van der Waals surface area (Å²) in [7, 11) is -6.65. The Bertz CT molecular complexity index is 753. The maximum absolute atomic E-state index is 12.2.